The molecule has 1 aliphatic carbocycles. The van der Waals surface area contributed by atoms with E-state index in [2.05, 4.69) is 22.1 Å². The number of pyridine rings is 1. The summed E-state index contributed by atoms with van der Waals surface area (Å²) < 4.78 is 5.09. The highest BCUT2D eigenvalue weighted by molar-refractivity contribution is 5.61. The number of ether oxygens (including phenoxy) is 1. The number of nitrogens with zero attached hydrogens (tertiary/aromatic N) is 2. The molecule has 18 heavy (non-hydrogen) atoms. The van der Waals surface area contributed by atoms with E-state index in [-0.39, 0.29) is 0 Å². The lowest BCUT2D eigenvalue weighted by molar-refractivity contribution is 0.289. The lowest BCUT2D eigenvalue weighted by Gasteiger charge is -2.20. The Morgan fingerprint density at radius 2 is 2.28 bits per heavy atom. The zero-order chi connectivity index (χ0) is 13.0. The minimum Gasteiger partial charge on any atom is -0.481 e. The van der Waals surface area contributed by atoms with Gasteiger partial charge in [-0.25, -0.2) is 0 Å². The Bertz CT molecular complexity index is 393. The van der Waals surface area contributed by atoms with Crippen LogP contribution >= 0.6 is 0 Å². The molecule has 0 spiro atoms. The van der Waals surface area contributed by atoms with Crippen LogP contribution in [0.25, 0.3) is 0 Å². The molecule has 100 valence electrons. The molecule has 1 aliphatic rings. The highest BCUT2D eigenvalue weighted by atomic mass is 16.5. The molecule has 0 bridgehead atoms. The summed E-state index contributed by atoms with van der Waals surface area (Å²) in [6.07, 6.45) is 2.68. The maximum Gasteiger partial charge on any atom is 0.215 e. The van der Waals surface area contributed by atoms with Gasteiger partial charge >= 0.3 is 0 Å². The Morgan fingerprint density at radius 3 is 2.89 bits per heavy atom. The van der Waals surface area contributed by atoms with E-state index >= 15 is 0 Å². The van der Waals surface area contributed by atoms with Gasteiger partial charge in [-0.3, -0.25) is 4.90 Å². The highest BCUT2D eigenvalue weighted by Gasteiger charge is 2.27. The van der Waals surface area contributed by atoms with Crippen LogP contribution in [-0.4, -0.2) is 42.7 Å². The Morgan fingerprint density at radius 1 is 1.50 bits per heavy atom. The van der Waals surface area contributed by atoms with Gasteiger partial charge in [-0.05, 0) is 25.5 Å². The largest absolute Gasteiger partial charge is 0.481 e. The second-order valence-corrected chi connectivity index (χ2v) is 4.58. The van der Waals surface area contributed by atoms with E-state index in [1.165, 1.54) is 12.8 Å². The number of likely N-dealkylation sites (N-methyl/N-ethyl adjacent to an activating group) is 1. The van der Waals surface area contributed by atoms with E-state index in [1.807, 2.05) is 6.07 Å². The van der Waals surface area contributed by atoms with E-state index in [4.69, 9.17) is 10.5 Å². The monoisotopic (exact) mass is 250 g/mol. The summed E-state index contributed by atoms with van der Waals surface area (Å²) in [6, 6.07) is 4.38. The van der Waals surface area contributed by atoms with Gasteiger partial charge in [0, 0.05) is 25.2 Å². The van der Waals surface area contributed by atoms with Crippen molar-refractivity contribution in [3.05, 3.63) is 12.1 Å². The second-order valence-electron chi connectivity index (χ2n) is 4.58. The standard InChI is InChI=1S/C13H22N4O/c1-3-17(10-4-5-10)9-8-15-13-11(14)6-7-12(16-13)18-2/h6-7,10H,3-5,8-9,14H2,1-2H3,(H,15,16). The van der Waals surface area contributed by atoms with Gasteiger partial charge in [-0.2, -0.15) is 4.98 Å². The Balaban J connectivity index is 1.85. The van der Waals surface area contributed by atoms with Gasteiger partial charge in [0.05, 0.1) is 12.8 Å². The van der Waals surface area contributed by atoms with Crippen molar-refractivity contribution < 1.29 is 4.74 Å². The van der Waals surface area contributed by atoms with Gasteiger partial charge in [-0.15, -0.1) is 0 Å². The number of nitrogens with two attached hydrogens (primary N) is 1. The van der Waals surface area contributed by atoms with Gasteiger partial charge in [0.25, 0.3) is 0 Å². The smallest absolute Gasteiger partial charge is 0.215 e. The molecule has 5 nitrogen and oxygen atoms in total. The maximum absolute atomic E-state index is 5.87. The molecule has 1 aromatic heterocycles. The van der Waals surface area contributed by atoms with Crippen molar-refractivity contribution in [3.8, 4) is 5.88 Å². The highest BCUT2D eigenvalue weighted by Crippen LogP contribution is 2.26. The van der Waals surface area contributed by atoms with E-state index in [1.54, 1.807) is 13.2 Å². The van der Waals surface area contributed by atoms with Crippen LogP contribution in [0.2, 0.25) is 0 Å². The third-order valence-corrected chi connectivity index (χ3v) is 3.27. The van der Waals surface area contributed by atoms with Gasteiger partial charge in [0.1, 0.15) is 0 Å². The van der Waals surface area contributed by atoms with E-state index < -0.39 is 0 Å². The summed E-state index contributed by atoms with van der Waals surface area (Å²) in [5.74, 6) is 1.29. The normalized spacial score (nSPS) is 14.8. The summed E-state index contributed by atoms with van der Waals surface area (Å²) in [7, 11) is 1.61. The molecule has 0 aliphatic heterocycles. The van der Waals surface area contributed by atoms with Crippen molar-refractivity contribution in [1.82, 2.24) is 9.88 Å². The fraction of sp³-hybridized carbons (Fsp3) is 0.615. The first-order valence-corrected chi connectivity index (χ1v) is 6.53. The van der Waals surface area contributed by atoms with Gasteiger partial charge in [0.15, 0.2) is 5.82 Å². The van der Waals surface area contributed by atoms with Crippen LogP contribution in [0.15, 0.2) is 12.1 Å². The Kier molecular flexibility index (Phi) is 4.25. The number of anilines is 2. The zero-order valence-electron chi connectivity index (χ0n) is 11.1. The molecule has 0 unspecified atom stereocenters. The summed E-state index contributed by atoms with van der Waals surface area (Å²) >= 11 is 0. The van der Waals surface area contributed by atoms with Crippen LogP contribution in [0, 0.1) is 0 Å². The maximum atomic E-state index is 5.87. The number of methoxy groups -OCH3 is 1. The predicted octanol–water partition coefficient (Wildman–Crippen LogP) is 1.57. The van der Waals surface area contributed by atoms with Crippen molar-refractivity contribution in [1.29, 1.82) is 0 Å². The fourth-order valence-electron chi connectivity index (χ4n) is 2.06. The molecule has 0 amide bonds. The number of rotatable bonds is 7. The molecule has 0 aromatic carbocycles. The second kappa shape index (κ2) is 5.91. The minimum absolute atomic E-state index is 0.584. The number of nitrogen functional groups attached to an aromatic ring is 1. The molecule has 0 saturated heterocycles. The molecule has 2 rings (SSSR count). The molecule has 0 radical (unpaired) electrons. The average molecular weight is 250 g/mol. The first kappa shape index (κ1) is 13.0. The fourth-order valence-corrected chi connectivity index (χ4v) is 2.06. The molecule has 1 heterocycles. The quantitative estimate of drug-likeness (QED) is 0.769. The van der Waals surface area contributed by atoms with Crippen LogP contribution < -0.4 is 15.8 Å². The molecule has 1 fully saturated rings. The SMILES string of the molecule is CCN(CCNc1nc(OC)ccc1N)C1CC1. The summed E-state index contributed by atoms with van der Waals surface area (Å²) in [5.41, 5.74) is 6.53. The minimum atomic E-state index is 0.584. The van der Waals surface area contributed by atoms with Crippen molar-refractivity contribution in [2.24, 2.45) is 0 Å². The van der Waals surface area contributed by atoms with Crippen molar-refractivity contribution in [2.45, 2.75) is 25.8 Å². The van der Waals surface area contributed by atoms with Crippen LogP contribution in [-0.2, 0) is 0 Å². The third kappa shape index (κ3) is 3.26. The molecule has 3 N–H and O–H groups in total. The molecule has 5 heteroatoms. The van der Waals surface area contributed by atoms with Crippen LogP contribution in [0.5, 0.6) is 5.88 Å². The Hall–Kier alpha value is -1.49. The predicted molar refractivity (Wildman–Crippen MR) is 74.0 cm³/mol. The number of nitrogens with one attached hydrogen (secondary N) is 1. The average Bonchev–Trinajstić information content (AvgIpc) is 3.21. The van der Waals surface area contributed by atoms with Crippen LogP contribution in [0.1, 0.15) is 19.8 Å². The summed E-state index contributed by atoms with van der Waals surface area (Å²) in [5, 5.41) is 3.28. The molecular weight excluding hydrogens is 228 g/mol. The lowest BCUT2D eigenvalue weighted by Crippen LogP contribution is -2.31. The first-order chi connectivity index (χ1) is 8.74. The summed E-state index contributed by atoms with van der Waals surface area (Å²) in [6.45, 7) is 5.19. The molecule has 0 atom stereocenters. The van der Waals surface area contributed by atoms with Crippen LogP contribution in [0.3, 0.4) is 0 Å². The van der Waals surface area contributed by atoms with Crippen molar-refractivity contribution >= 4 is 11.5 Å². The van der Waals surface area contributed by atoms with Crippen molar-refractivity contribution in [3.63, 3.8) is 0 Å². The topological polar surface area (TPSA) is 63.4 Å². The van der Waals surface area contributed by atoms with E-state index in [0.29, 0.717) is 17.4 Å². The number of hydrogen-bond acceptors (Lipinski definition) is 5. The molecule has 1 saturated carbocycles. The van der Waals surface area contributed by atoms with Crippen LogP contribution in [0.4, 0.5) is 11.5 Å². The van der Waals surface area contributed by atoms with E-state index in [9.17, 15) is 0 Å². The molecule has 1 aromatic rings. The first-order valence-electron chi connectivity index (χ1n) is 6.53. The number of aromatic nitrogens is 1. The number of hydrogen-bond donors (Lipinski definition) is 2. The Labute approximate surface area is 108 Å². The zero-order valence-corrected chi connectivity index (χ0v) is 11.1. The third-order valence-electron chi connectivity index (χ3n) is 3.27. The van der Waals surface area contributed by atoms with Gasteiger partial charge < -0.3 is 15.8 Å². The lowest BCUT2D eigenvalue weighted by atomic mass is 10.3. The van der Waals surface area contributed by atoms with Crippen molar-refractivity contribution in [2.75, 3.05) is 37.8 Å². The van der Waals surface area contributed by atoms with Gasteiger partial charge in [-0.1, -0.05) is 6.92 Å². The van der Waals surface area contributed by atoms with E-state index in [0.717, 1.165) is 25.7 Å². The van der Waals surface area contributed by atoms with Gasteiger partial charge in [0.2, 0.25) is 5.88 Å². The molecular formula is C13H22N4O. The summed E-state index contributed by atoms with van der Waals surface area (Å²) in [4.78, 5) is 6.79.